The quantitative estimate of drug-likeness (QED) is 0.113. The molecule has 0 aliphatic heterocycles. The average Bonchev–Trinajstić information content (AvgIpc) is 1.49. The van der Waals surface area contributed by atoms with E-state index in [0.29, 0.717) is 63.7 Å². The first kappa shape index (κ1) is 82.1. The summed E-state index contributed by atoms with van der Waals surface area (Å²) in [5, 5.41) is 35.8. The van der Waals surface area contributed by atoms with Crippen LogP contribution in [-0.4, -0.2) is 27.4 Å². The van der Waals surface area contributed by atoms with Gasteiger partial charge >= 0.3 is 0 Å². The van der Waals surface area contributed by atoms with E-state index in [1.54, 1.807) is 11.1 Å². The van der Waals surface area contributed by atoms with Crippen LogP contribution in [-0.2, 0) is 0 Å². The van der Waals surface area contributed by atoms with Gasteiger partial charge in [0.2, 0.25) is 0 Å². The van der Waals surface area contributed by atoms with Crippen molar-refractivity contribution in [3.63, 3.8) is 0 Å². The fourth-order valence-corrected chi connectivity index (χ4v) is 26.7. The molecule has 10 heteroatoms. The predicted molar refractivity (Wildman–Crippen MR) is 556 cm³/mol. The Morgan fingerprint density at radius 2 is 0.373 bits per heavy atom. The lowest BCUT2D eigenvalue weighted by Crippen LogP contribution is -2.21. The van der Waals surface area contributed by atoms with Crippen LogP contribution in [0.25, 0.3) is 165 Å². The lowest BCUT2D eigenvalue weighted by Gasteiger charge is -2.34. The Bertz CT molecular complexity index is 7690. The number of pyridine rings is 2. The van der Waals surface area contributed by atoms with Crippen LogP contribution >= 0.6 is 0 Å². The normalized spacial score (nSPS) is 16.8. The Morgan fingerprint density at radius 1 is 0.187 bits per heavy atom. The molecule has 6 fully saturated rings. The van der Waals surface area contributed by atoms with Gasteiger partial charge in [-0.2, -0.15) is 10.5 Å². The van der Waals surface area contributed by atoms with E-state index in [4.69, 9.17) is 0 Å². The topological polar surface area (TPSA) is 111 Å². The summed E-state index contributed by atoms with van der Waals surface area (Å²) in [5.74, 6) is 3.13. The smallest absolute Gasteiger partial charge is 0.197 e. The Kier molecular flexibility index (Phi) is 21.1. The van der Waals surface area contributed by atoms with E-state index in [1.807, 2.05) is 24.3 Å². The standard InChI is InChI=1S/C68H80N2O2.C56H32N6/c71-67-53-35-19-21-37-61(53)69(65-55(47-27-11-3-12-28-47)39-51(45-23-7-1-8-24-45)40-56(65)48-29-13-4-14-30-48)63-43-60-64(44-59(63)67)70(62-38-22-20-36-54(62)68(60)72)66-57(49-31-15-5-16-32-49)41-52(46-25-9-2-10-26-46)42-58(66)50-33-17-6-18-34-50;57-33-43-53(59-45-25-9-1-17-35(45)36-18-2-10-26-46(36)59)44(34-58)55(61-49-29-13-5-21-39(49)40-22-6-14-30-50(40)61)56(62-51-31-15-7-23-41(51)42-24-8-16-32-52(42)62)54(43)60-47-27-11-3-19-37(47)38-20-4-12-28-48(38)60/h19-22,35-50H,1-18,23-34H2;1-32H. The van der Waals surface area contributed by atoms with Gasteiger partial charge in [0.15, 0.2) is 10.9 Å². The minimum absolute atomic E-state index is 0.0795. The third-order valence-corrected chi connectivity index (χ3v) is 32.9. The molecule has 0 amide bonds. The molecule has 14 aromatic carbocycles. The highest BCUT2D eigenvalue weighted by molar-refractivity contribution is 6.17. The molecule has 0 unspecified atom stereocenters. The van der Waals surface area contributed by atoms with Crippen molar-refractivity contribution in [2.75, 3.05) is 0 Å². The van der Waals surface area contributed by atoms with Crippen LogP contribution in [0.1, 0.15) is 273 Å². The van der Waals surface area contributed by atoms with E-state index in [0.717, 1.165) is 137 Å². The number of rotatable bonds is 12. The van der Waals surface area contributed by atoms with Gasteiger partial charge in [-0.05, 0) is 231 Å². The van der Waals surface area contributed by atoms with Crippen molar-refractivity contribution < 1.29 is 0 Å². The molecule has 0 bridgehead atoms. The van der Waals surface area contributed by atoms with Gasteiger partial charge in [0.25, 0.3) is 0 Å². The molecular formula is C124H112N8O2. The zero-order chi connectivity index (χ0) is 89.2. The van der Waals surface area contributed by atoms with Crippen LogP contribution in [0.3, 0.4) is 0 Å². The molecule has 0 saturated heterocycles. The number of benzene rings is 14. The Labute approximate surface area is 781 Å². The highest BCUT2D eigenvalue weighted by Gasteiger charge is 2.38. The van der Waals surface area contributed by atoms with E-state index in [1.165, 1.54) is 226 Å². The molecule has 6 aliphatic carbocycles. The Balaban J connectivity index is 0.000000145. The second-order valence-electron chi connectivity index (χ2n) is 40.2. The first-order valence-electron chi connectivity index (χ1n) is 50.7. The third-order valence-electron chi connectivity index (χ3n) is 32.9. The summed E-state index contributed by atoms with van der Waals surface area (Å²) in [6.07, 6.45) is 38.3. The molecule has 26 rings (SSSR count). The van der Waals surface area contributed by atoms with Crippen molar-refractivity contribution >= 4 is 131 Å². The lowest BCUT2D eigenvalue weighted by molar-refractivity contribution is 0.426. The number of nitriles is 2. The highest BCUT2D eigenvalue weighted by atomic mass is 16.1. The van der Waals surface area contributed by atoms with Crippen molar-refractivity contribution in [2.45, 2.75) is 228 Å². The predicted octanol–water partition coefficient (Wildman–Crippen LogP) is 32.7. The molecule has 0 radical (unpaired) electrons. The van der Waals surface area contributed by atoms with E-state index < -0.39 is 0 Å². The molecule has 0 N–H and O–H groups in total. The molecule has 6 aromatic heterocycles. The van der Waals surface area contributed by atoms with Gasteiger partial charge in [-0.1, -0.05) is 310 Å². The minimum atomic E-state index is 0.0795. The fourth-order valence-electron chi connectivity index (χ4n) is 26.7. The van der Waals surface area contributed by atoms with Crippen LogP contribution in [0.2, 0.25) is 0 Å². The molecule has 0 atom stereocenters. The van der Waals surface area contributed by atoms with E-state index in [-0.39, 0.29) is 10.9 Å². The van der Waals surface area contributed by atoms with Crippen LogP contribution in [0.15, 0.2) is 289 Å². The van der Waals surface area contributed by atoms with Crippen molar-refractivity contribution in [3.8, 4) is 46.3 Å². The number of hydrogen-bond donors (Lipinski definition) is 0. The summed E-state index contributed by atoms with van der Waals surface area (Å²) >= 11 is 0. The number of nitrogens with zero attached hydrogens (tertiary/aromatic N) is 8. The average molecular weight is 1750 g/mol. The maximum Gasteiger partial charge on any atom is 0.197 e. The number of para-hydroxylation sites is 10. The monoisotopic (exact) mass is 1740 g/mol. The van der Waals surface area contributed by atoms with Crippen molar-refractivity contribution in [1.29, 1.82) is 10.5 Å². The molecule has 134 heavy (non-hydrogen) atoms. The first-order valence-corrected chi connectivity index (χ1v) is 50.7. The summed E-state index contributed by atoms with van der Waals surface area (Å²) in [7, 11) is 0. The molecule has 6 saturated carbocycles. The molecule has 20 aromatic rings. The zero-order valence-electron chi connectivity index (χ0n) is 76.6. The fraction of sp³-hybridized carbons (Fsp3) is 0.290. The van der Waals surface area contributed by atoms with Gasteiger partial charge < -0.3 is 27.4 Å². The van der Waals surface area contributed by atoms with Crippen molar-refractivity contribution in [1.82, 2.24) is 27.4 Å². The maximum atomic E-state index is 15.7. The zero-order valence-corrected chi connectivity index (χ0v) is 76.6. The second-order valence-corrected chi connectivity index (χ2v) is 40.2. The van der Waals surface area contributed by atoms with Crippen molar-refractivity contribution in [3.05, 3.63) is 344 Å². The van der Waals surface area contributed by atoms with Gasteiger partial charge in [0.1, 0.15) is 23.3 Å². The lowest BCUT2D eigenvalue weighted by atomic mass is 9.74. The summed E-state index contributed by atoms with van der Waals surface area (Å²) in [6, 6.07) is 105. The van der Waals surface area contributed by atoms with Crippen LogP contribution in [0.4, 0.5) is 0 Å². The maximum absolute atomic E-state index is 15.7. The van der Waals surface area contributed by atoms with Crippen molar-refractivity contribution in [2.24, 2.45) is 0 Å². The number of hydrogen-bond acceptors (Lipinski definition) is 4. The first-order chi connectivity index (χ1) is 66.3. The molecule has 0 spiro atoms. The summed E-state index contributed by atoms with van der Waals surface area (Å²) in [6.45, 7) is 0. The summed E-state index contributed by atoms with van der Waals surface area (Å²) < 4.78 is 14.1. The van der Waals surface area contributed by atoms with Gasteiger partial charge in [-0.15, -0.1) is 0 Å². The third kappa shape index (κ3) is 13.4. The van der Waals surface area contributed by atoms with Gasteiger partial charge in [0.05, 0.1) is 100 Å². The molecule has 10 nitrogen and oxygen atoms in total. The molecule has 660 valence electrons. The number of aromatic nitrogens is 6. The molecular weight excluding hydrogens is 1630 g/mol. The van der Waals surface area contributed by atoms with E-state index >= 15 is 9.59 Å². The van der Waals surface area contributed by atoms with Crippen LogP contribution in [0, 0.1) is 22.7 Å². The minimum Gasteiger partial charge on any atom is -0.308 e. The summed E-state index contributed by atoms with van der Waals surface area (Å²) in [5.41, 5.74) is 26.8. The van der Waals surface area contributed by atoms with Crippen LogP contribution in [0.5, 0.6) is 0 Å². The molecule has 6 aliphatic rings. The van der Waals surface area contributed by atoms with E-state index in [2.05, 4.69) is 294 Å². The number of fused-ring (bicyclic) bond motifs is 16. The van der Waals surface area contributed by atoms with Gasteiger partial charge in [-0.3, -0.25) is 9.59 Å². The van der Waals surface area contributed by atoms with E-state index in [9.17, 15) is 10.5 Å². The van der Waals surface area contributed by atoms with Crippen LogP contribution < -0.4 is 10.9 Å². The van der Waals surface area contributed by atoms with Gasteiger partial charge in [-0.25, -0.2) is 0 Å². The summed E-state index contributed by atoms with van der Waals surface area (Å²) in [4.78, 5) is 31.4. The molecule has 6 heterocycles. The Morgan fingerprint density at radius 3 is 0.604 bits per heavy atom. The Hall–Kier alpha value is -13.8. The largest absolute Gasteiger partial charge is 0.308 e. The highest BCUT2D eigenvalue weighted by Crippen LogP contribution is 2.54. The van der Waals surface area contributed by atoms with Gasteiger partial charge in [0, 0.05) is 64.6 Å². The SMILES string of the molecule is N#Cc1c(-n2c3ccccc3c3ccccc32)c(C#N)c(-n2c3ccccc3c3ccccc32)c(-n2c3ccccc3c3ccccc32)c1-n1c2ccccc2c2ccccc21.O=c1c2ccccc2n(-c2c(C3CCCCC3)cc(C3CCCCC3)cc2C2CCCCC2)c2cc3c(=O)c4ccccc4n(-c4c(C5CCCCC5)cc(C5CCCCC5)cc4C4CCCCC4)c3cc12. The second kappa shape index (κ2) is 34.3.